The molecule has 0 amide bonds. The highest BCUT2D eigenvalue weighted by molar-refractivity contribution is 5.95. The predicted molar refractivity (Wildman–Crippen MR) is 299 cm³/mol. The van der Waals surface area contributed by atoms with Gasteiger partial charge in [-0.15, -0.1) is 0 Å². The molecule has 10 rings (SSSR count). The molecule has 0 spiro atoms. The Balaban J connectivity index is 0.810. The number of benzene rings is 1. The van der Waals surface area contributed by atoms with Crippen LogP contribution in [-0.4, -0.2) is 253 Å². The summed E-state index contributed by atoms with van der Waals surface area (Å²) >= 11 is 0. The van der Waals surface area contributed by atoms with E-state index in [4.69, 9.17) is 42.6 Å². The zero-order valence-corrected chi connectivity index (χ0v) is 50.4. The average Bonchev–Trinajstić information content (AvgIpc) is 0.687. The summed E-state index contributed by atoms with van der Waals surface area (Å²) in [4.78, 5) is 13.5. The Bertz CT molecular complexity index is 2560. The number of rotatable bonds is 15. The van der Waals surface area contributed by atoms with E-state index in [0.717, 1.165) is 25.7 Å². The molecule has 15 N–H and O–H groups in total. The van der Waals surface area contributed by atoms with E-state index in [1.54, 1.807) is 31.3 Å². The van der Waals surface area contributed by atoms with Gasteiger partial charge in [0.05, 0.1) is 56.9 Å². The summed E-state index contributed by atoms with van der Waals surface area (Å²) < 4.78 is 53.7. The second-order valence-electron chi connectivity index (χ2n) is 28.3. The Morgan fingerprint density at radius 2 is 1.22 bits per heavy atom. The summed E-state index contributed by atoms with van der Waals surface area (Å²) in [7, 11) is 1.64. The molecule has 1 unspecified atom stereocenters. The second-order valence-corrected chi connectivity index (χ2v) is 28.3. The van der Waals surface area contributed by atoms with Gasteiger partial charge >= 0.3 is 5.97 Å². The fourth-order valence-electron chi connectivity index (χ4n) is 17.5. The number of hydrogen-bond acceptors (Lipinski definition) is 25. The van der Waals surface area contributed by atoms with Crippen molar-refractivity contribution in [2.45, 2.75) is 235 Å². The van der Waals surface area contributed by atoms with E-state index in [-0.39, 0.29) is 53.8 Å². The molecule has 488 valence electrons. The normalized spacial score (nSPS) is 49.9. The van der Waals surface area contributed by atoms with Gasteiger partial charge in [-0.05, 0) is 108 Å². The van der Waals surface area contributed by atoms with Crippen LogP contribution in [0.25, 0.3) is 0 Å². The second kappa shape index (κ2) is 24.8. The molecule has 25 heteroatoms. The first-order valence-corrected chi connectivity index (χ1v) is 30.6. The fraction of sp³-hybridized carbons (Fsp3) is 0.852. The first-order valence-electron chi connectivity index (χ1n) is 30.6. The van der Waals surface area contributed by atoms with E-state index in [9.17, 15) is 76.3 Å². The lowest BCUT2D eigenvalue weighted by molar-refractivity contribution is -0.348. The Morgan fingerprint density at radius 3 is 1.87 bits per heavy atom. The van der Waals surface area contributed by atoms with Gasteiger partial charge in [-0.25, -0.2) is 4.79 Å². The molecule has 1 aromatic carbocycles. The lowest BCUT2D eigenvalue weighted by Gasteiger charge is -2.72. The molecular formula is C61H95NO24. The van der Waals surface area contributed by atoms with E-state index in [1.807, 2.05) is 13.8 Å². The Kier molecular flexibility index (Phi) is 19.1. The number of nitrogens with one attached hydrogen (secondary N) is 1. The smallest absolute Gasteiger partial charge is 0.340 e. The number of ether oxygens (including phenoxy) is 9. The first-order chi connectivity index (χ1) is 40.4. The lowest BCUT2D eigenvalue weighted by Crippen LogP contribution is -2.68. The highest BCUT2D eigenvalue weighted by Gasteiger charge is 2.71. The number of esters is 1. The molecule has 8 fully saturated rings. The van der Waals surface area contributed by atoms with Crippen molar-refractivity contribution in [2.75, 3.05) is 45.4 Å². The van der Waals surface area contributed by atoms with Crippen LogP contribution >= 0.6 is 0 Å². The van der Waals surface area contributed by atoms with Crippen LogP contribution < -0.4 is 5.32 Å². The Labute approximate surface area is 501 Å². The van der Waals surface area contributed by atoms with Gasteiger partial charge in [-0.2, -0.15) is 0 Å². The van der Waals surface area contributed by atoms with E-state index >= 15 is 0 Å². The van der Waals surface area contributed by atoms with Crippen LogP contribution in [0.5, 0.6) is 0 Å². The number of aliphatic hydroxyl groups excluding tert-OH is 14. The van der Waals surface area contributed by atoms with Crippen molar-refractivity contribution in [3.05, 3.63) is 41.5 Å². The standard InChI is InChI=1S/C61H95NO24/c1-56(2)19-29-28-13-14-36-58(5)17-16-38(84-54-48(75)45(72)42(69)34(83-54)25-80-53-47(74)44(71)41(68)33(82-53)24-79-52-46(73)40(67)31(65)23-78-52)57(3,4)35(58)15-18-59(36,6)60(28,7)20-37(66)61(29,26-64)21-39(56)85-55-49(76)50(43(70)32(22-63)81-55)86-51(77)27-11-9-10-12-30(27)62-8/h9-13,29,31-50,52-55,62-76H,14-26H2,1-8H3/t29-,31+,32+,33+,34+,35?,36+,37-,38-,39-,40-,41+,42+,43+,44-,45-,46+,47+,48+,49+,50-,52-,53+,54-,55-,58-,59+,60+,61+/m0/s1. The summed E-state index contributed by atoms with van der Waals surface area (Å²) in [5, 5.41) is 157. The van der Waals surface area contributed by atoms with Crippen LogP contribution in [-0.2, 0) is 42.6 Å². The monoisotopic (exact) mass is 1230 g/mol. The molecule has 5 aliphatic carbocycles. The Hall–Kier alpha value is -2.65. The SMILES string of the molecule is CNc1ccccc1C(=O)O[C@@H]1[C@@H](O)[C@H](O[C@H]2C[C@]3(CO)[C@@H](O)C[C@]4(C)C(=CC[C@@H]5[C@@]6(C)CC[C@H](O[C@@H]7O[C@H](CO[C@@H]8O[C@H](CO[C@@H]9OC[C@@H](O)[C@H](O)[C@H]9O)[C@@H](O)[C@H](O)[C@H]8O)[C@@H](O)[C@H](O)[C@H]7O)C(C)(C)C6CC[C@]54C)[C@@H]3CC2(C)C)O[C@H](CO)[C@H]1O. The van der Waals surface area contributed by atoms with E-state index < -0.39 is 182 Å². The highest BCUT2D eigenvalue weighted by atomic mass is 16.7. The highest BCUT2D eigenvalue weighted by Crippen LogP contribution is 2.76. The summed E-state index contributed by atoms with van der Waals surface area (Å²) in [5.41, 5.74) is -1.47. The quantitative estimate of drug-likeness (QED) is 0.0564. The van der Waals surface area contributed by atoms with Gasteiger partial charge in [0, 0.05) is 18.2 Å². The molecule has 4 saturated heterocycles. The molecule has 9 aliphatic rings. The van der Waals surface area contributed by atoms with Crippen LogP contribution in [0.3, 0.4) is 0 Å². The number of allylic oxidation sites excluding steroid dienone is 2. The molecule has 29 atom stereocenters. The van der Waals surface area contributed by atoms with Crippen LogP contribution in [0.4, 0.5) is 5.69 Å². The number of carbonyl (C=O) groups is 1. The minimum absolute atomic E-state index is 0.0849. The molecule has 4 heterocycles. The molecule has 0 bridgehead atoms. The molecule has 4 saturated carbocycles. The molecule has 1 aromatic rings. The van der Waals surface area contributed by atoms with Gasteiger partial charge in [0.2, 0.25) is 0 Å². The van der Waals surface area contributed by atoms with Crippen molar-refractivity contribution in [1.29, 1.82) is 0 Å². The molecule has 86 heavy (non-hydrogen) atoms. The number of carbonyl (C=O) groups excluding carboxylic acids is 1. The van der Waals surface area contributed by atoms with Crippen LogP contribution in [0.2, 0.25) is 0 Å². The van der Waals surface area contributed by atoms with Crippen LogP contribution in [0, 0.1) is 50.2 Å². The van der Waals surface area contributed by atoms with Gasteiger partial charge in [-0.1, -0.05) is 72.2 Å². The van der Waals surface area contributed by atoms with Crippen molar-refractivity contribution < 1.29 is 119 Å². The van der Waals surface area contributed by atoms with Gasteiger partial charge in [0.25, 0.3) is 0 Å². The third-order valence-electron chi connectivity index (χ3n) is 23.0. The third-order valence-corrected chi connectivity index (χ3v) is 23.0. The van der Waals surface area contributed by atoms with Crippen molar-refractivity contribution in [1.82, 2.24) is 0 Å². The van der Waals surface area contributed by atoms with Crippen LogP contribution in [0.1, 0.15) is 110 Å². The van der Waals surface area contributed by atoms with Crippen LogP contribution in [0.15, 0.2) is 35.9 Å². The van der Waals surface area contributed by atoms with Gasteiger partial charge in [0.1, 0.15) is 85.5 Å². The summed E-state index contributed by atoms with van der Waals surface area (Å²) in [6.07, 6.45) is -25.0. The van der Waals surface area contributed by atoms with Crippen molar-refractivity contribution in [2.24, 2.45) is 50.2 Å². The van der Waals surface area contributed by atoms with Gasteiger partial charge in [-0.3, -0.25) is 0 Å². The first kappa shape index (κ1) is 66.3. The molecule has 4 aliphatic heterocycles. The summed E-state index contributed by atoms with van der Waals surface area (Å²) in [5.74, 6) is -0.851. The largest absolute Gasteiger partial charge is 0.453 e. The molecule has 25 nitrogen and oxygen atoms in total. The minimum Gasteiger partial charge on any atom is -0.453 e. The van der Waals surface area contributed by atoms with E-state index in [2.05, 4.69) is 46.0 Å². The number of hydrogen-bond donors (Lipinski definition) is 15. The Morgan fingerprint density at radius 1 is 0.628 bits per heavy atom. The van der Waals surface area contributed by atoms with E-state index in [1.165, 1.54) is 5.57 Å². The minimum atomic E-state index is -1.82. The van der Waals surface area contributed by atoms with Crippen molar-refractivity contribution >= 4 is 11.7 Å². The zero-order chi connectivity index (χ0) is 62.5. The number of aliphatic hydroxyl groups is 14. The average molecular weight is 1230 g/mol. The molecule has 0 aromatic heterocycles. The van der Waals surface area contributed by atoms with Crippen molar-refractivity contribution in [3.63, 3.8) is 0 Å². The predicted octanol–water partition coefficient (Wildman–Crippen LogP) is -1.07. The van der Waals surface area contributed by atoms with E-state index in [0.29, 0.717) is 24.9 Å². The summed E-state index contributed by atoms with van der Waals surface area (Å²) in [6.45, 7) is 12.9. The maximum absolute atomic E-state index is 13.5. The fourth-order valence-corrected chi connectivity index (χ4v) is 17.5. The van der Waals surface area contributed by atoms with Gasteiger partial charge < -0.3 is 119 Å². The maximum Gasteiger partial charge on any atom is 0.340 e. The van der Waals surface area contributed by atoms with Crippen molar-refractivity contribution in [3.8, 4) is 0 Å². The topological polar surface area (TPSA) is 395 Å². The van der Waals surface area contributed by atoms with Gasteiger partial charge in [0.15, 0.2) is 31.3 Å². The lowest BCUT2D eigenvalue weighted by atomic mass is 9.33. The summed E-state index contributed by atoms with van der Waals surface area (Å²) in [6, 6.07) is 6.62. The third kappa shape index (κ3) is 11.1. The molecule has 0 radical (unpaired) electrons. The molecular weight excluding hydrogens is 1130 g/mol. The number of anilines is 1. The number of para-hydroxylation sites is 1. The maximum atomic E-state index is 13.5. The zero-order valence-electron chi connectivity index (χ0n) is 50.4. The number of fused-ring (bicyclic) bond motifs is 7.